The Morgan fingerprint density at radius 2 is 2.05 bits per heavy atom. The SMILES string of the molecule is Cc1ccccc1-n1ccc([C@H]2SCC(=O)N2C)c1. The van der Waals surface area contributed by atoms with Crippen molar-refractivity contribution in [3.63, 3.8) is 0 Å². The quantitative estimate of drug-likeness (QED) is 0.839. The molecule has 0 N–H and O–H groups in total. The van der Waals surface area contributed by atoms with Crippen molar-refractivity contribution < 1.29 is 4.79 Å². The number of para-hydroxylation sites is 1. The number of hydrogen-bond acceptors (Lipinski definition) is 2. The van der Waals surface area contributed by atoms with E-state index in [0.717, 1.165) is 0 Å². The Hall–Kier alpha value is -1.68. The first-order chi connectivity index (χ1) is 9.16. The van der Waals surface area contributed by atoms with Crippen LogP contribution in [0.5, 0.6) is 0 Å². The summed E-state index contributed by atoms with van der Waals surface area (Å²) in [4.78, 5) is 13.4. The van der Waals surface area contributed by atoms with Crippen LogP contribution in [-0.4, -0.2) is 28.2 Å². The Labute approximate surface area is 117 Å². The normalized spacial score (nSPS) is 19.2. The minimum Gasteiger partial charge on any atom is -0.329 e. The molecule has 1 saturated heterocycles. The first-order valence-electron chi connectivity index (χ1n) is 6.28. The second-order valence-electron chi connectivity index (χ2n) is 4.81. The molecule has 1 amide bonds. The van der Waals surface area contributed by atoms with Crippen LogP contribution >= 0.6 is 11.8 Å². The fourth-order valence-corrected chi connectivity index (χ4v) is 3.55. The molecule has 2 heterocycles. The van der Waals surface area contributed by atoms with Crippen LogP contribution in [0.25, 0.3) is 5.69 Å². The number of carbonyl (C=O) groups is 1. The lowest BCUT2D eigenvalue weighted by molar-refractivity contribution is -0.126. The van der Waals surface area contributed by atoms with Crippen molar-refractivity contribution >= 4 is 17.7 Å². The lowest BCUT2D eigenvalue weighted by atomic mass is 10.2. The number of amides is 1. The molecule has 1 aromatic carbocycles. The fraction of sp³-hybridized carbons (Fsp3) is 0.267. The summed E-state index contributed by atoms with van der Waals surface area (Å²) >= 11 is 1.69. The zero-order valence-electron chi connectivity index (χ0n) is 11.0. The summed E-state index contributed by atoms with van der Waals surface area (Å²) in [5.74, 6) is 0.787. The van der Waals surface area contributed by atoms with Gasteiger partial charge in [-0.25, -0.2) is 0 Å². The number of nitrogens with zero attached hydrogens (tertiary/aromatic N) is 2. The largest absolute Gasteiger partial charge is 0.329 e. The Morgan fingerprint density at radius 1 is 1.26 bits per heavy atom. The van der Waals surface area contributed by atoms with E-state index in [9.17, 15) is 4.79 Å². The third-order valence-electron chi connectivity index (χ3n) is 3.50. The number of carbonyl (C=O) groups excluding carboxylic acids is 1. The summed E-state index contributed by atoms with van der Waals surface area (Å²) in [6, 6.07) is 10.4. The summed E-state index contributed by atoms with van der Waals surface area (Å²) in [6.07, 6.45) is 4.18. The number of benzene rings is 1. The van der Waals surface area contributed by atoms with Gasteiger partial charge in [0.1, 0.15) is 5.37 Å². The van der Waals surface area contributed by atoms with Crippen LogP contribution in [0.15, 0.2) is 42.7 Å². The second kappa shape index (κ2) is 4.78. The van der Waals surface area contributed by atoms with Gasteiger partial charge in [-0.2, -0.15) is 0 Å². The van der Waals surface area contributed by atoms with E-state index in [-0.39, 0.29) is 11.3 Å². The maximum absolute atomic E-state index is 11.6. The average molecular weight is 272 g/mol. The van der Waals surface area contributed by atoms with Crippen LogP contribution in [0.4, 0.5) is 0 Å². The monoisotopic (exact) mass is 272 g/mol. The highest BCUT2D eigenvalue weighted by Crippen LogP contribution is 2.37. The van der Waals surface area contributed by atoms with E-state index in [4.69, 9.17) is 0 Å². The van der Waals surface area contributed by atoms with Crippen LogP contribution in [0.3, 0.4) is 0 Å². The smallest absolute Gasteiger partial charge is 0.233 e. The van der Waals surface area contributed by atoms with E-state index in [1.54, 1.807) is 11.8 Å². The van der Waals surface area contributed by atoms with Gasteiger partial charge < -0.3 is 9.47 Å². The molecule has 1 aliphatic heterocycles. The third-order valence-corrected chi connectivity index (χ3v) is 4.82. The lowest BCUT2D eigenvalue weighted by Crippen LogP contribution is -2.22. The Bertz CT molecular complexity index is 620. The summed E-state index contributed by atoms with van der Waals surface area (Å²) in [5, 5.41) is 0.151. The molecule has 0 spiro atoms. The van der Waals surface area contributed by atoms with Gasteiger partial charge in [-0.05, 0) is 24.6 Å². The number of hydrogen-bond donors (Lipinski definition) is 0. The first-order valence-corrected chi connectivity index (χ1v) is 7.33. The van der Waals surface area contributed by atoms with Gasteiger partial charge in [0.2, 0.25) is 5.91 Å². The van der Waals surface area contributed by atoms with Crippen LogP contribution < -0.4 is 0 Å². The van der Waals surface area contributed by atoms with Crippen LogP contribution in [0, 0.1) is 6.92 Å². The molecule has 0 aliphatic carbocycles. The molecule has 1 aromatic heterocycles. The van der Waals surface area contributed by atoms with Gasteiger partial charge in [0.15, 0.2) is 0 Å². The first kappa shape index (κ1) is 12.4. The zero-order valence-corrected chi connectivity index (χ0v) is 11.9. The molecule has 19 heavy (non-hydrogen) atoms. The molecule has 0 radical (unpaired) electrons. The van der Waals surface area contributed by atoms with E-state index in [1.807, 2.05) is 24.1 Å². The van der Waals surface area contributed by atoms with E-state index in [2.05, 4.69) is 42.1 Å². The Balaban J connectivity index is 1.92. The van der Waals surface area contributed by atoms with Crippen molar-refractivity contribution in [2.75, 3.05) is 12.8 Å². The molecule has 98 valence electrons. The molecule has 0 unspecified atom stereocenters. The minimum absolute atomic E-state index is 0.151. The lowest BCUT2D eigenvalue weighted by Gasteiger charge is -2.17. The number of rotatable bonds is 2. The van der Waals surface area contributed by atoms with Crippen molar-refractivity contribution in [3.8, 4) is 5.69 Å². The molecule has 0 saturated carbocycles. The second-order valence-corrected chi connectivity index (χ2v) is 5.88. The molecule has 4 heteroatoms. The summed E-state index contributed by atoms with van der Waals surface area (Å²) < 4.78 is 2.13. The average Bonchev–Trinajstić information content (AvgIpc) is 2.99. The summed E-state index contributed by atoms with van der Waals surface area (Å²) in [7, 11) is 1.87. The molecule has 3 rings (SSSR count). The van der Waals surface area contributed by atoms with Crippen molar-refractivity contribution in [2.45, 2.75) is 12.3 Å². The van der Waals surface area contributed by atoms with Crippen LogP contribution in [0.1, 0.15) is 16.5 Å². The van der Waals surface area contributed by atoms with Crippen molar-refractivity contribution in [1.82, 2.24) is 9.47 Å². The van der Waals surface area contributed by atoms with Crippen molar-refractivity contribution in [3.05, 3.63) is 53.9 Å². The molecule has 1 fully saturated rings. The van der Waals surface area contributed by atoms with E-state index in [1.165, 1.54) is 16.8 Å². The molecule has 1 atom stereocenters. The van der Waals surface area contributed by atoms with Gasteiger partial charge >= 0.3 is 0 Å². The highest BCUT2D eigenvalue weighted by molar-refractivity contribution is 8.00. The molecule has 3 nitrogen and oxygen atoms in total. The van der Waals surface area contributed by atoms with E-state index >= 15 is 0 Å². The maximum atomic E-state index is 11.6. The number of thioether (sulfide) groups is 1. The molecule has 2 aromatic rings. The predicted octanol–water partition coefficient (Wildman–Crippen LogP) is 2.99. The minimum atomic E-state index is 0.151. The summed E-state index contributed by atoms with van der Waals surface area (Å²) in [5.41, 5.74) is 3.61. The van der Waals surface area contributed by atoms with Crippen LogP contribution in [-0.2, 0) is 4.79 Å². The topological polar surface area (TPSA) is 25.2 Å². The highest BCUT2D eigenvalue weighted by atomic mass is 32.2. The zero-order chi connectivity index (χ0) is 13.4. The number of aromatic nitrogens is 1. The molecule has 1 aliphatic rings. The fourth-order valence-electron chi connectivity index (χ4n) is 2.38. The maximum Gasteiger partial charge on any atom is 0.233 e. The number of aryl methyl sites for hydroxylation is 1. The molecular formula is C15H16N2OS. The van der Waals surface area contributed by atoms with Crippen molar-refractivity contribution in [2.24, 2.45) is 0 Å². The van der Waals surface area contributed by atoms with Gasteiger partial charge in [-0.3, -0.25) is 4.79 Å². The van der Waals surface area contributed by atoms with Gasteiger partial charge in [0.25, 0.3) is 0 Å². The van der Waals surface area contributed by atoms with Crippen LogP contribution in [0.2, 0.25) is 0 Å². The predicted molar refractivity (Wildman–Crippen MR) is 78.5 cm³/mol. The van der Waals surface area contributed by atoms with E-state index in [0.29, 0.717) is 5.75 Å². The molecule has 0 bridgehead atoms. The van der Waals surface area contributed by atoms with Gasteiger partial charge in [0, 0.05) is 30.7 Å². The van der Waals surface area contributed by atoms with Crippen molar-refractivity contribution in [1.29, 1.82) is 0 Å². The standard InChI is InChI=1S/C15H16N2OS/c1-11-5-3-4-6-13(11)17-8-7-12(9-17)15-16(2)14(18)10-19-15/h3-9,15H,10H2,1-2H3/t15-/m1/s1. The van der Waals surface area contributed by atoms with Gasteiger partial charge in [0.05, 0.1) is 5.75 Å². The third kappa shape index (κ3) is 2.16. The Morgan fingerprint density at radius 3 is 2.74 bits per heavy atom. The molecular weight excluding hydrogens is 256 g/mol. The Kier molecular flexibility index (Phi) is 3.11. The van der Waals surface area contributed by atoms with Gasteiger partial charge in [-0.15, -0.1) is 11.8 Å². The van der Waals surface area contributed by atoms with Gasteiger partial charge in [-0.1, -0.05) is 18.2 Å². The highest BCUT2D eigenvalue weighted by Gasteiger charge is 2.30. The van der Waals surface area contributed by atoms with E-state index < -0.39 is 0 Å². The summed E-state index contributed by atoms with van der Waals surface area (Å²) in [6.45, 7) is 2.11.